The molecule has 3 nitrogen and oxygen atoms in total. The van der Waals surface area contributed by atoms with Crippen LogP contribution in [0.2, 0.25) is 0 Å². The quantitative estimate of drug-likeness (QED) is 0.221. The Kier molecular flexibility index (Phi) is 11.1. The minimum atomic E-state index is -0.913. The maximum absolute atomic E-state index is 11.4. The number of aromatic carboxylic acids is 1. The van der Waals surface area contributed by atoms with Gasteiger partial charge in [-0.1, -0.05) is 93.5 Å². The molecule has 0 saturated heterocycles. The largest absolute Gasteiger partial charge is 0.491 e. The summed E-state index contributed by atoms with van der Waals surface area (Å²) in [6.07, 6.45) is 10.7. The molecular weight excluding hydrogens is 415 g/mol. The highest BCUT2D eigenvalue weighted by molar-refractivity contribution is 14.1. The van der Waals surface area contributed by atoms with Gasteiger partial charge in [0.25, 0.3) is 0 Å². The minimum Gasteiger partial charge on any atom is -0.491 e. The van der Waals surface area contributed by atoms with E-state index in [2.05, 4.69) is 36.4 Å². The molecule has 0 amide bonds. The van der Waals surface area contributed by atoms with Crippen molar-refractivity contribution < 1.29 is 14.6 Å². The second kappa shape index (κ2) is 12.6. The summed E-state index contributed by atoms with van der Waals surface area (Å²) in [4.78, 5) is 11.4. The van der Waals surface area contributed by atoms with Crippen LogP contribution in [-0.4, -0.2) is 21.6 Å². The number of hydrogen-bond donors (Lipinski definition) is 1. The normalized spacial score (nSPS) is 12.1. The van der Waals surface area contributed by atoms with Gasteiger partial charge in [0.2, 0.25) is 0 Å². The Labute approximate surface area is 160 Å². The van der Waals surface area contributed by atoms with E-state index in [9.17, 15) is 9.90 Å². The zero-order valence-corrected chi connectivity index (χ0v) is 17.2. The average Bonchev–Trinajstić information content (AvgIpc) is 2.56. The first-order valence-corrected chi connectivity index (χ1v) is 10.5. The number of unbranched alkanes of at least 4 members (excludes halogenated alkanes) is 5. The predicted octanol–water partition coefficient (Wildman–Crippen LogP) is 6.27. The van der Waals surface area contributed by atoms with Gasteiger partial charge in [-0.15, -0.1) is 0 Å². The average molecular weight is 446 g/mol. The molecule has 0 saturated carbocycles. The molecular formula is C20H31IO3. The third-order valence-corrected chi connectivity index (χ3v) is 5.11. The van der Waals surface area contributed by atoms with Crippen LogP contribution >= 0.6 is 22.6 Å². The SMILES string of the molecule is CCCCCCCCC(I)COc1c(CCC)cccc1C(=O)O. The maximum atomic E-state index is 11.4. The Hall–Kier alpha value is -0.780. The second-order valence-corrected chi connectivity index (χ2v) is 8.08. The van der Waals surface area contributed by atoms with Crippen molar-refractivity contribution in [3.8, 4) is 5.75 Å². The number of ether oxygens (including phenoxy) is 1. The molecule has 1 N–H and O–H groups in total. The van der Waals surface area contributed by atoms with Gasteiger partial charge in [0.15, 0.2) is 0 Å². The van der Waals surface area contributed by atoms with Crippen molar-refractivity contribution in [1.82, 2.24) is 0 Å². The van der Waals surface area contributed by atoms with Gasteiger partial charge in [-0.3, -0.25) is 0 Å². The van der Waals surface area contributed by atoms with Crippen LogP contribution < -0.4 is 4.74 Å². The molecule has 1 unspecified atom stereocenters. The molecule has 136 valence electrons. The van der Waals surface area contributed by atoms with Crippen molar-refractivity contribution in [1.29, 1.82) is 0 Å². The molecule has 1 rings (SSSR count). The van der Waals surface area contributed by atoms with Crippen molar-refractivity contribution in [2.45, 2.75) is 75.6 Å². The van der Waals surface area contributed by atoms with Gasteiger partial charge in [-0.05, 0) is 24.5 Å². The van der Waals surface area contributed by atoms with Gasteiger partial charge >= 0.3 is 5.97 Å². The van der Waals surface area contributed by atoms with Gasteiger partial charge in [0.1, 0.15) is 11.3 Å². The van der Waals surface area contributed by atoms with Crippen LogP contribution in [0.25, 0.3) is 0 Å². The number of para-hydroxylation sites is 1. The summed E-state index contributed by atoms with van der Waals surface area (Å²) < 4.78 is 6.37. The van der Waals surface area contributed by atoms with E-state index in [1.54, 1.807) is 12.1 Å². The number of carboxylic acids is 1. The standard InChI is InChI=1S/C20H31IO3/c1-3-5-6-7-8-9-13-17(21)15-24-19-16(11-4-2)12-10-14-18(19)20(22)23/h10,12,14,17H,3-9,11,13,15H2,1-2H3,(H,22,23). The minimum absolute atomic E-state index is 0.282. The van der Waals surface area contributed by atoms with Crippen LogP contribution in [0.15, 0.2) is 18.2 Å². The monoisotopic (exact) mass is 446 g/mol. The van der Waals surface area contributed by atoms with Crippen LogP contribution in [0.1, 0.15) is 81.1 Å². The number of rotatable bonds is 13. The lowest BCUT2D eigenvalue weighted by Gasteiger charge is -2.16. The van der Waals surface area contributed by atoms with Gasteiger partial charge < -0.3 is 9.84 Å². The lowest BCUT2D eigenvalue weighted by atomic mass is 10.0. The molecule has 0 aliphatic carbocycles. The van der Waals surface area contributed by atoms with Gasteiger partial charge in [-0.2, -0.15) is 0 Å². The zero-order chi connectivity index (χ0) is 17.8. The molecule has 24 heavy (non-hydrogen) atoms. The topological polar surface area (TPSA) is 46.5 Å². The van der Waals surface area contributed by atoms with Crippen LogP contribution in [0.5, 0.6) is 5.75 Å². The molecule has 0 radical (unpaired) electrons. The smallest absolute Gasteiger partial charge is 0.339 e. The van der Waals surface area contributed by atoms with E-state index in [0.29, 0.717) is 16.3 Å². The highest BCUT2D eigenvalue weighted by Crippen LogP contribution is 2.27. The Morgan fingerprint density at radius 1 is 1.12 bits per heavy atom. The zero-order valence-electron chi connectivity index (χ0n) is 15.0. The summed E-state index contributed by atoms with van der Waals surface area (Å²) >= 11 is 2.43. The van der Waals surface area contributed by atoms with Crippen molar-refractivity contribution in [3.05, 3.63) is 29.3 Å². The summed E-state index contributed by atoms with van der Waals surface area (Å²) in [6, 6.07) is 5.41. The van der Waals surface area contributed by atoms with Crippen molar-refractivity contribution in [3.63, 3.8) is 0 Å². The van der Waals surface area contributed by atoms with Crippen molar-refractivity contribution in [2.24, 2.45) is 0 Å². The summed E-state index contributed by atoms with van der Waals surface area (Å²) in [5.41, 5.74) is 1.28. The number of hydrogen-bond acceptors (Lipinski definition) is 2. The number of carboxylic acid groups (broad SMARTS) is 1. The fraction of sp³-hybridized carbons (Fsp3) is 0.650. The third kappa shape index (κ3) is 7.86. The molecule has 0 aliphatic heterocycles. The van der Waals surface area contributed by atoms with E-state index < -0.39 is 5.97 Å². The number of alkyl halides is 1. The van der Waals surface area contributed by atoms with Gasteiger partial charge in [0, 0.05) is 3.92 Å². The summed E-state index contributed by atoms with van der Waals surface area (Å²) in [5.74, 6) is -0.347. The lowest BCUT2D eigenvalue weighted by molar-refractivity contribution is 0.0692. The van der Waals surface area contributed by atoms with Gasteiger partial charge in [-0.25, -0.2) is 4.79 Å². The van der Waals surface area contributed by atoms with Crippen LogP contribution in [0, 0.1) is 0 Å². The molecule has 4 heteroatoms. The van der Waals surface area contributed by atoms with Crippen molar-refractivity contribution >= 4 is 28.6 Å². The summed E-state index contributed by atoms with van der Waals surface area (Å²) in [5, 5.41) is 9.39. The Bertz CT molecular complexity index is 488. The molecule has 0 heterocycles. The van der Waals surface area contributed by atoms with Gasteiger partial charge in [0.05, 0.1) is 6.61 Å². The fourth-order valence-electron chi connectivity index (χ4n) is 2.79. The van der Waals surface area contributed by atoms with Crippen LogP contribution in [0.3, 0.4) is 0 Å². The highest BCUT2D eigenvalue weighted by atomic mass is 127. The Morgan fingerprint density at radius 3 is 2.50 bits per heavy atom. The molecule has 0 bridgehead atoms. The number of benzene rings is 1. The van der Waals surface area contributed by atoms with Crippen molar-refractivity contribution in [2.75, 3.05) is 6.61 Å². The molecule has 0 spiro atoms. The number of carbonyl (C=O) groups is 1. The van der Waals surface area contributed by atoms with E-state index in [-0.39, 0.29) is 5.56 Å². The highest BCUT2D eigenvalue weighted by Gasteiger charge is 2.16. The van der Waals surface area contributed by atoms with E-state index in [1.165, 1.54) is 38.5 Å². The fourth-order valence-corrected chi connectivity index (χ4v) is 3.41. The molecule has 0 aliphatic rings. The van der Waals surface area contributed by atoms with E-state index in [1.807, 2.05) is 6.07 Å². The lowest BCUT2D eigenvalue weighted by Crippen LogP contribution is -2.14. The molecule has 1 aromatic rings. The summed E-state index contributed by atoms with van der Waals surface area (Å²) in [7, 11) is 0. The van der Waals surface area contributed by atoms with E-state index >= 15 is 0 Å². The third-order valence-electron chi connectivity index (χ3n) is 4.13. The molecule has 1 atom stereocenters. The molecule has 1 aromatic carbocycles. The Morgan fingerprint density at radius 2 is 1.83 bits per heavy atom. The first-order valence-electron chi connectivity index (χ1n) is 9.22. The number of aryl methyl sites for hydroxylation is 1. The second-order valence-electron chi connectivity index (χ2n) is 6.31. The Balaban J connectivity index is 2.49. The summed E-state index contributed by atoms with van der Waals surface area (Å²) in [6.45, 7) is 4.91. The molecule has 0 aromatic heterocycles. The first-order chi connectivity index (χ1) is 11.6. The predicted molar refractivity (Wildman–Crippen MR) is 109 cm³/mol. The van der Waals surface area contributed by atoms with Crippen LogP contribution in [0.4, 0.5) is 0 Å². The maximum Gasteiger partial charge on any atom is 0.339 e. The van der Waals surface area contributed by atoms with E-state index in [0.717, 1.165) is 24.8 Å². The van der Waals surface area contributed by atoms with E-state index in [4.69, 9.17) is 4.74 Å². The molecule has 0 fully saturated rings. The van der Waals surface area contributed by atoms with Crippen LogP contribution in [-0.2, 0) is 6.42 Å². The number of halogens is 1. The first kappa shape index (κ1) is 21.3.